The predicted molar refractivity (Wildman–Crippen MR) is 142 cm³/mol. The molecule has 0 radical (unpaired) electrons. The zero-order chi connectivity index (χ0) is 26.5. The van der Waals surface area contributed by atoms with E-state index >= 15 is 0 Å². The first-order valence-electron chi connectivity index (χ1n) is 12.0. The monoisotopic (exact) mass is 535 g/mol. The van der Waals surface area contributed by atoms with Gasteiger partial charge in [0.25, 0.3) is 0 Å². The summed E-state index contributed by atoms with van der Waals surface area (Å²) < 4.78 is 31.8. The number of nitrogens with one attached hydrogen (secondary N) is 1. The van der Waals surface area contributed by atoms with E-state index < -0.39 is 28.5 Å². The molecule has 1 N–H and O–H groups in total. The first-order chi connectivity index (χ1) is 17.0. The van der Waals surface area contributed by atoms with E-state index in [1.165, 1.54) is 4.90 Å². The van der Waals surface area contributed by atoms with Crippen LogP contribution in [0.15, 0.2) is 42.5 Å². The van der Waals surface area contributed by atoms with E-state index in [1.54, 1.807) is 57.4 Å². The number of hydrogen-bond acceptors (Lipinski definition) is 5. The van der Waals surface area contributed by atoms with E-state index in [1.807, 2.05) is 6.07 Å². The van der Waals surface area contributed by atoms with Gasteiger partial charge in [-0.3, -0.25) is 13.9 Å². The van der Waals surface area contributed by atoms with E-state index in [0.29, 0.717) is 22.0 Å². The highest BCUT2D eigenvalue weighted by Crippen LogP contribution is 2.26. The van der Waals surface area contributed by atoms with Gasteiger partial charge in [-0.25, -0.2) is 8.42 Å². The topological polar surface area (TPSA) is 96.0 Å². The Balaban J connectivity index is 1.91. The van der Waals surface area contributed by atoms with Crippen LogP contribution in [0.3, 0.4) is 0 Å². The fraction of sp³-hybridized carbons (Fsp3) is 0.462. The molecule has 1 saturated carbocycles. The predicted octanol–water partition coefficient (Wildman–Crippen LogP) is 3.90. The Labute approximate surface area is 218 Å². The number of rotatable bonds is 10. The summed E-state index contributed by atoms with van der Waals surface area (Å²) in [6.45, 7) is 3.06. The van der Waals surface area contributed by atoms with E-state index in [9.17, 15) is 18.0 Å². The zero-order valence-electron chi connectivity index (χ0n) is 21.2. The molecule has 8 nitrogen and oxygen atoms in total. The molecular formula is C26H34ClN3O5S. The number of hydrogen-bond donors (Lipinski definition) is 1. The molecule has 1 atom stereocenters. The molecule has 1 fully saturated rings. The van der Waals surface area contributed by atoms with Gasteiger partial charge in [0.1, 0.15) is 18.3 Å². The van der Waals surface area contributed by atoms with Gasteiger partial charge in [0.05, 0.1) is 19.1 Å². The van der Waals surface area contributed by atoms with Crippen molar-refractivity contribution in [3.05, 3.63) is 58.6 Å². The molecular weight excluding hydrogens is 502 g/mol. The molecule has 1 aliphatic carbocycles. The first-order valence-corrected chi connectivity index (χ1v) is 14.2. The van der Waals surface area contributed by atoms with Gasteiger partial charge in [0, 0.05) is 17.6 Å². The molecule has 0 aromatic heterocycles. The van der Waals surface area contributed by atoms with Gasteiger partial charge in [-0.15, -0.1) is 0 Å². The number of carbonyl (C=O) groups excluding carboxylic acids is 2. The molecule has 1 aliphatic rings. The minimum Gasteiger partial charge on any atom is -0.497 e. The Bertz CT molecular complexity index is 1200. The van der Waals surface area contributed by atoms with Crippen molar-refractivity contribution < 1.29 is 22.7 Å². The van der Waals surface area contributed by atoms with Crippen LogP contribution in [0.1, 0.15) is 43.7 Å². The third kappa shape index (κ3) is 7.13. The molecule has 0 bridgehead atoms. The van der Waals surface area contributed by atoms with Gasteiger partial charge in [-0.1, -0.05) is 36.6 Å². The maximum absolute atomic E-state index is 13.7. The van der Waals surface area contributed by atoms with E-state index in [4.69, 9.17) is 16.3 Å². The van der Waals surface area contributed by atoms with Crippen LogP contribution in [-0.2, 0) is 26.2 Å². The van der Waals surface area contributed by atoms with Crippen LogP contribution in [0.5, 0.6) is 5.75 Å². The summed E-state index contributed by atoms with van der Waals surface area (Å²) in [7, 11) is -2.25. The summed E-state index contributed by atoms with van der Waals surface area (Å²) in [5.74, 6) is -0.129. The normalized spacial score (nSPS) is 14.8. The number of anilines is 1. The lowest BCUT2D eigenvalue weighted by atomic mass is 10.1. The van der Waals surface area contributed by atoms with Gasteiger partial charge in [0.2, 0.25) is 21.8 Å². The average Bonchev–Trinajstić information content (AvgIpc) is 3.33. The van der Waals surface area contributed by atoms with Crippen molar-refractivity contribution in [3.63, 3.8) is 0 Å². The van der Waals surface area contributed by atoms with E-state index in [-0.39, 0.29) is 18.5 Å². The molecule has 1 unspecified atom stereocenters. The smallest absolute Gasteiger partial charge is 0.244 e. The summed E-state index contributed by atoms with van der Waals surface area (Å²) in [5, 5.41) is 3.51. The third-order valence-corrected chi connectivity index (χ3v) is 7.82. The number of halogens is 1. The molecule has 2 aromatic carbocycles. The second-order valence-corrected chi connectivity index (χ2v) is 11.6. The van der Waals surface area contributed by atoms with Crippen molar-refractivity contribution in [2.45, 2.75) is 58.2 Å². The van der Waals surface area contributed by atoms with Crippen LogP contribution in [0.25, 0.3) is 0 Å². The Kier molecular flexibility index (Phi) is 9.24. The highest BCUT2D eigenvalue weighted by Gasteiger charge is 2.31. The van der Waals surface area contributed by atoms with Crippen molar-refractivity contribution in [2.24, 2.45) is 0 Å². The number of ether oxygens (including phenoxy) is 1. The van der Waals surface area contributed by atoms with Crippen molar-refractivity contribution in [2.75, 3.05) is 24.2 Å². The second-order valence-electron chi connectivity index (χ2n) is 9.24. The SMILES string of the molecule is COc1cccc(CN(C(=O)CN(c2ccc(Cl)cc2C)S(C)(=O)=O)C(C)C(=O)NC2CCCC2)c1. The minimum absolute atomic E-state index is 0.0953. The number of aryl methyl sites for hydroxylation is 1. The molecule has 196 valence electrons. The maximum Gasteiger partial charge on any atom is 0.244 e. The number of methoxy groups -OCH3 is 1. The Morgan fingerprint density at radius 3 is 2.47 bits per heavy atom. The molecule has 0 heterocycles. The second kappa shape index (κ2) is 12.0. The maximum atomic E-state index is 13.7. The molecule has 0 aliphatic heterocycles. The van der Waals surface area contributed by atoms with Crippen LogP contribution in [-0.4, -0.2) is 57.1 Å². The lowest BCUT2D eigenvalue weighted by molar-refractivity contribution is -0.139. The molecule has 36 heavy (non-hydrogen) atoms. The van der Waals surface area contributed by atoms with E-state index in [2.05, 4.69) is 5.32 Å². The Hall–Kier alpha value is -2.78. The van der Waals surface area contributed by atoms with Crippen molar-refractivity contribution in [1.82, 2.24) is 10.2 Å². The quantitative estimate of drug-likeness (QED) is 0.498. The Morgan fingerprint density at radius 1 is 1.17 bits per heavy atom. The average molecular weight is 536 g/mol. The number of benzene rings is 2. The Morgan fingerprint density at radius 2 is 1.86 bits per heavy atom. The number of amides is 2. The van der Waals surface area contributed by atoms with Crippen LogP contribution >= 0.6 is 11.6 Å². The number of nitrogens with zero attached hydrogens (tertiary/aromatic N) is 2. The van der Waals surface area contributed by atoms with E-state index in [0.717, 1.165) is 41.8 Å². The van der Waals surface area contributed by atoms with Gasteiger partial charge in [0.15, 0.2) is 0 Å². The van der Waals surface area contributed by atoms with Gasteiger partial charge >= 0.3 is 0 Å². The largest absolute Gasteiger partial charge is 0.497 e. The van der Waals surface area contributed by atoms with Gasteiger partial charge < -0.3 is 15.0 Å². The number of carbonyl (C=O) groups is 2. The van der Waals surface area contributed by atoms with Crippen LogP contribution in [0, 0.1) is 6.92 Å². The fourth-order valence-electron chi connectivity index (χ4n) is 4.44. The molecule has 0 saturated heterocycles. The molecule has 10 heteroatoms. The highest BCUT2D eigenvalue weighted by molar-refractivity contribution is 7.92. The van der Waals surface area contributed by atoms with Gasteiger partial charge in [-0.2, -0.15) is 0 Å². The van der Waals surface area contributed by atoms with Crippen molar-refractivity contribution in [3.8, 4) is 5.75 Å². The fourth-order valence-corrected chi connectivity index (χ4v) is 5.57. The lowest BCUT2D eigenvalue weighted by Gasteiger charge is -2.32. The minimum atomic E-state index is -3.81. The zero-order valence-corrected chi connectivity index (χ0v) is 22.7. The molecule has 2 amide bonds. The first kappa shape index (κ1) is 27.8. The lowest BCUT2D eigenvalue weighted by Crippen LogP contribution is -2.52. The third-order valence-electron chi connectivity index (χ3n) is 6.46. The highest BCUT2D eigenvalue weighted by atomic mass is 35.5. The summed E-state index contributed by atoms with van der Waals surface area (Å²) in [6, 6.07) is 11.3. The van der Waals surface area contributed by atoms with Crippen LogP contribution in [0.4, 0.5) is 5.69 Å². The summed E-state index contributed by atoms with van der Waals surface area (Å²) in [4.78, 5) is 28.2. The summed E-state index contributed by atoms with van der Waals surface area (Å²) >= 11 is 6.06. The molecule has 2 aromatic rings. The van der Waals surface area contributed by atoms with Crippen LogP contribution in [0.2, 0.25) is 5.02 Å². The van der Waals surface area contributed by atoms with Crippen molar-refractivity contribution in [1.29, 1.82) is 0 Å². The van der Waals surface area contributed by atoms with Gasteiger partial charge in [-0.05, 0) is 68.1 Å². The summed E-state index contributed by atoms with van der Waals surface area (Å²) in [5.41, 5.74) is 1.74. The molecule has 3 rings (SSSR count). The summed E-state index contributed by atoms with van der Waals surface area (Å²) in [6.07, 6.45) is 5.02. The standard InChI is InChI=1S/C26H34ClN3O5S/c1-18-14-21(27)12-13-24(18)30(36(4,33)34)17-25(31)29(16-20-8-7-11-23(15-20)35-3)19(2)26(32)28-22-9-5-6-10-22/h7-8,11-15,19,22H,5-6,9-10,16-17H2,1-4H3,(H,28,32). The number of sulfonamides is 1. The molecule has 0 spiro atoms. The van der Waals surface area contributed by atoms with Crippen molar-refractivity contribution >= 4 is 39.1 Å². The van der Waals surface area contributed by atoms with Crippen LogP contribution < -0.4 is 14.4 Å².